The molecule has 2 aromatic rings. The second-order valence-corrected chi connectivity index (χ2v) is 7.76. The monoisotopic (exact) mass is 412 g/mol. The van der Waals surface area contributed by atoms with E-state index < -0.39 is 15.8 Å². The number of ether oxygens (including phenoxy) is 3. The summed E-state index contributed by atoms with van der Waals surface area (Å²) in [6, 6.07) is 9.01. The lowest BCUT2D eigenvalue weighted by molar-refractivity contribution is 0.285. The van der Waals surface area contributed by atoms with Crippen LogP contribution in [0, 0.1) is 5.82 Å². The van der Waals surface area contributed by atoms with Crippen molar-refractivity contribution in [3.8, 4) is 17.2 Å². The van der Waals surface area contributed by atoms with E-state index in [0.717, 1.165) is 5.56 Å². The fourth-order valence-corrected chi connectivity index (χ4v) is 3.47. The second kappa shape index (κ2) is 9.72. The molecule has 0 aliphatic heterocycles. The Balaban J connectivity index is 1.90. The van der Waals surface area contributed by atoms with Crippen LogP contribution in [0.15, 0.2) is 41.3 Å². The summed E-state index contributed by atoms with van der Waals surface area (Å²) in [5.74, 6) is 0.611. The van der Waals surface area contributed by atoms with Gasteiger partial charge in [-0.25, -0.2) is 17.9 Å². The van der Waals surface area contributed by atoms with Gasteiger partial charge in [0.25, 0.3) is 0 Å². The number of nitrogens with two attached hydrogens (primary N) is 1. The van der Waals surface area contributed by atoms with Crippen LogP contribution in [0.5, 0.6) is 17.2 Å². The van der Waals surface area contributed by atoms with Crippen molar-refractivity contribution in [3.05, 3.63) is 47.8 Å². The lowest BCUT2D eigenvalue weighted by Gasteiger charge is -2.16. The Morgan fingerprint density at radius 3 is 2.39 bits per heavy atom. The van der Waals surface area contributed by atoms with Gasteiger partial charge in [0.2, 0.25) is 10.0 Å². The molecule has 2 aromatic carbocycles. The maximum absolute atomic E-state index is 13.3. The van der Waals surface area contributed by atoms with Crippen LogP contribution in [-0.2, 0) is 16.4 Å². The van der Waals surface area contributed by atoms with Crippen molar-refractivity contribution in [2.45, 2.75) is 24.3 Å². The molecule has 1 atom stereocenters. The van der Waals surface area contributed by atoms with Gasteiger partial charge in [0.1, 0.15) is 23.1 Å². The third-order valence-corrected chi connectivity index (χ3v) is 4.99. The van der Waals surface area contributed by atoms with Gasteiger partial charge in [-0.1, -0.05) is 6.07 Å². The van der Waals surface area contributed by atoms with Gasteiger partial charge in [-0.3, -0.25) is 0 Å². The molecule has 0 aromatic heterocycles. The van der Waals surface area contributed by atoms with Crippen molar-refractivity contribution in [3.63, 3.8) is 0 Å². The Bertz CT molecular complexity index is 905. The summed E-state index contributed by atoms with van der Waals surface area (Å²) in [5, 5.41) is 8.51. The van der Waals surface area contributed by atoms with Gasteiger partial charge >= 0.3 is 0 Å². The van der Waals surface area contributed by atoms with Gasteiger partial charge in [0.05, 0.1) is 14.2 Å². The van der Waals surface area contributed by atoms with Crippen LogP contribution >= 0.6 is 0 Å². The average Bonchev–Trinajstić information content (AvgIpc) is 2.64. The van der Waals surface area contributed by atoms with Crippen LogP contribution < -0.4 is 24.7 Å². The Hall–Kier alpha value is -2.36. The van der Waals surface area contributed by atoms with Crippen LogP contribution in [0.25, 0.3) is 0 Å². The van der Waals surface area contributed by atoms with E-state index in [0.29, 0.717) is 31.1 Å². The fraction of sp³-hybridized carbons (Fsp3) is 0.368. The molecule has 0 amide bonds. The van der Waals surface area contributed by atoms with Crippen molar-refractivity contribution in [2.24, 2.45) is 5.14 Å². The highest BCUT2D eigenvalue weighted by Crippen LogP contribution is 2.27. The van der Waals surface area contributed by atoms with E-state index >= 15 is 0 Å². The number of hydrogen-bond acceptors (Lipinski definition) is 6. The number of methoxy groups -OCH3 is 2. The van der Waals surface area contributed by atoms with Crippen molar-refractivity contribution in [1.29, 1.82) is 0 Å². The first-order valence-electron chi connectivity index (χ1n) is 8.64. The number of halogens is 1. The highest BCUT2D eigenvalue weighted by Gasteiger charge is 2.16. The standard InChI is InChI=1S/C19H25FN2O5S/c1-13(10-14-4-6-17(26-3)19(11-14)28(21,23)24)22-8-9-27-18-12-15(20)5-7-16(18)25-2/h4-7,11-13,22H,8-10H2,1-3H3,(H2,21,23,24). The topological polar surface area (TPSA) is 99.9 Å². The first kappa shape index (κ1) is 21.9. The summed E-state index contributed by atoms with van der Waals surface area (Å²) in [7, 11) is -0.992. The van der Waals surface area contributed by atoms with Gasteiger partial charge in [-0.2, -0.15) is 0 Å². The molecule has 9 heteroatoms. The zero-order valence-electron chi connectivity index (χ0n) is 16.1. The number of nitrogens with one attached hydrogen (secondary N) is 1. The molecule has 7 nitrogen and oxygen atoms in total. The first-order valence-corrected chi connectivity index (χ1v) is 10.2. The summed E-state index contributed by atoms with van der Waals surface area (Å²) < 4.78 is 52.5. The number of primary sulfonamides is 1. The van der Waals surface area contributed by atoms with Crippen LogP contribution in [0.2, 0.25) is 0 Å². The zero-order valence-corrected chi connectivity index (χ0v) is 16.9. The maximum atomic E-state index is 13.3. The number of hydrogen-bond donors (Lipinski definition) is 2. The second-order valence-electron chi connectivity index (χ2n) is 6.23. The Morgan fingerprint density at radius 1 is 1.07 bits per heavy atom. The third kappa shape index (κ3) is 6.08. The van der Waals surface area contributed by atoms with E-state index in [1.807, 2.05) is 6.92 Å². The average molecular weight is 412 g/mol. The number of rotatable bonds is 10. The molecule has 0 fully saturated rings. The van der Waals surface area contributed by atoms with Crippen molar-refractivity contribution in [1.82, 2.24) is 5.32 Å². The summed E-state index contributed by atoms with van der Waals surface area (Å²) in [5.41, 5.74) is 0.803. The Kier molecular flexibility index (Phi) is 7.61. The summed E-state index contributed by atoms with van der Waals surface area (Å²) in [6.07, 6.45) is 0.579. The predicted octanol–water partition coefficient (Wildman–Crippen LogP) is 2.09. The van der Waals surface area contributed by atoms with Crippen LogP contribution in [-0.4, -0.2) is 41.8 Å². The molecule has 28 heavy (non-hydrogen) atoms. The van der Waals surface area contributed by atoms with Crippen LogP contribution in [0.4, 0.5) is 4.39 Å². The molecule has 0 spiro atoms. The van der Waals surface area contributed by atoms with Gasteiger partial charge in [0, 0.05) is 18.7 Å². The first-order chi connectivity index (χ1) is 13.2. The molecule has 154 valence electrons. The highest BCUT2D eigenvalue weighted by atomic mass is 32.2. The van der Waals surface area contributed by atoms with Crippen LogP contribution in [0.1, 0.15) is 12.5 Å². The van der Waals surface area contributed by atoms with E-state index in [9.17, 15) is 12.8 Å². The zero-order chi connectivity index (χ0) is 20.7. The Morgan fingerprint density at radius 2 is 1.75 bits per heavy atom. The smallest absolute Gasteiger partial charge is 0.241 e. The highest BCUT2D eigenvalue weighted by molar-refractivity contribution is 7.89. The molecular formula is C19H25FN2O5S. The maximum Gasteiger partial charge on any atom is 0.241 e. The van der Waals surface area contributed by atoms with E-state index in [2.05, 4.69) is 5.32 Å². The van der Waals surface area contributed by atoms with Gasteiger partial charge in [-0.15, -0.1) is 0 Å². The molecule has 1 unspecified atom stereocenters. The molecule has 0 bridgehead atoms. The largest absolute Gasteiger partial charge is 0.495 e. The molecule has 0 saturated heterocycles. The van der Waals surface area contributed by atoms with E-state index in [1.165, 1.54) is 38.5 Å². The quantitative estimate of drug-likeness (QED) is 0.580. The van der Waals surface area contributed by atoms with Gasteiger partial charge < -0.3 is 19.5 Å². The third-order valence-electron chi connectivity index (χ3n) is 4.05. The molecule has 0 aliphatic rings. The molecule has 3 N–H and O–H groups in total. The fourth-order valence-electron chi connectivity index (χ4n) is 2.73. The van der Waals surface area contributed by atoms with Crippen molar-refractivity contribution >= 4 is 10.0 Å². The van der Waals surface area contributed by atoms with E-state index in [-0.39, 0.29) is 16.7 Å². The normalized spacial score (nSPS) is 12.5. The minimum Gasteiger partial charge on any atom is -0.495 e. The molecule has 2 rings (SSSR count). The molecule has 0 aliphatic carbocycles. The Labute approximate surface area is 164 Å². The summed E-state index contributed by atoms with van der Waals surface area (Å²) in [6.45, 7) is 2.79. The molecular weight excluding hydrogens is 387 g/mol. The summed E-state index contributed by atoms with van der Waals surface area (Å²) in [4.78, 5) is -0.0405. The van der Waals surface area contributed by atoms with Crippen molar-refractivity contribution < 1.29 is 27.0 Å². The predicted molar refractivity (Wildman–Crippen MR) is 104 cm³/mol. The number of sulfonamides is 1. The van der Waals surface area contributed by atoms with E-state index in [4.69, 9.17) is 19.3 Å². The SMILES string of the molecule is COc1ccc(F)cc1OCCNC(C)Cc1ccc(OC)c(S(N)(=O)=O)c1. The minimum absolute atomic E-state index is 0.0405. The lowest BCUT2D eigenvalue weighted by atomic mass is 10.1. The lowest BCUT2D eigenvalue weighted by Crippen LogP contribution is -2.32. The van der Waals surface area contributed by atoms with Crippen LogP contribution in [0.3, 0.4) is 0 Å². The summed E-state index contributed by atoms with van der Waals surface area (Å²) >= 11 is 0. The number of benzene rings is 2. The minimum atomic E-state index is -3.87. The van der Waals surface area contributed by atoms with Crippen molar-refractivity contribution in [2.75, 3.05) is 27.4 Å². The molecule has 0 heterocycles. The molecule has 0 radical (unpaired) electrons. The van der Waals surface area contributed by atoms with Gasteiger partial charge in [-0.05, 0) is 43.2 Å². The van der Waals surface area contributed by atoms with E-state index in [1.54, 1.807) is 12.1 Å². The van der Waals surface area contributed by atoms with Gasteiger partial charge in [0.15, 0.2) is 11.5 Å². The molecule has 0 saturated carbocycles.